The Balaban J connectivity index is 1.19. The van der Waals surface area contributed by atoms with Crippen LogP contribution in [0.25, 0.3) is 33.1 Å². The number of nitrogens with zero attached hydrogens (tertiary/aromatic N) is 1. The molecule has 0 spiro atoms. The van der Waals surface area contributed by atoms with Gasteiger partial charge in [0.1, 0.15) is 11.2 Å². The fourth-order valence-corrected chi connectivity index (χ4v) is 13.0. The molecule has 0 atom stereocenters. The molecule has 0 saturated carbocycles. The zero-order chi connectivity index (χ0) is 46.7. The van der Waals surface area contributed by atoms with Crippen LogP contribution in [-0.4, -0.2) is 7.28 Å². The lowest BCUT2D eigenvalue weighted by atomic mass is 9.56. The van der Waals surface area contributed by atoms with Crippen LogP contribution in [0.5, 0.6) is 0 Å². The summed E-state index contributed by atoms with van der Waals surface area (Å²) < 4.78 is 6.66. The monoisotopic (exact) mass is 871 g/mol. The minimum absolute atomic E-state index is 0.0464. The van der Waals surface area contributed by atoms with Crippen molar-refractivity contribution in [3.63, 3.8) is 0 Å². The van der Waals surface area contributed by atoms with Gasteiger partial charge in [-0.2, -0.15) is 0 Å². The topological polar surface area (TPSA) is 28.4 Å². The summed E-state index contributed by atoms with van der Waals surface area (Å²) in [5, 5.41) is 6.59. The van der Waals surface area contributed by atoms with Gasteiger partial charge in [-0.1, -0.05) is 119 Å². The van der Waals surface area contributed by atoms with Crippen molar-refractivity contribution in [3.05, 3.63) is 136 Å². The average Bonchev–Trinajstić information content (AvgIpc) is 3.64. The van der Waals surface area contributed by atoms with Crippen LogP contribution in [0.3, 0.4) is 0 Å². The summed E-state index contributed by atoms with van der Waals surface area (Å²) in [4.78, 5) is 2.64. The summed E-state index contributed by atoms with van der Waals surface area (Å²) >= 11 is 0. The number of rotatable bonds is 4. The fourth-order valence-electron chi connectivity index (χ4n) is 13.0. The van der Waals surface area contributed by atoms with E-state index in [-0.39, 0.29) is 32.5 Å². The normalized spacial score (nSPS) is 20.1. The van der Waals surface area contributed by atoms with Gasteiger partial charge >= 0.3 is 0 Å². The van der Waals surface area contributed by atoms with E-state index in [0.717, 1.165) is 24.9 Å². The molecule has 4 aliphatic rings. The van der Waals surface area contributed by atoms with Crippen molar-refractivity contribution in [2.45, 2.75) is 168 Å². The number of hydrogen-bond donors (Lipinski definition) is 1. The van der Waals surface area contributed by atoms with Crippen molar-refractivity contribution in [2.75, 3.05) is 10.2 Å². The van der Waals surface area contributed by atoms with Crippen molar-refractivity contribution < 1.29 is 4.42 Å². The Morgan fingerprint density at radius 1 is 0.470 bits per heavy atom. The summed E-state index contributed by atoms with van der Waals surface area (Å²) in [6, 6.07) is 35.7. The Morgan fingerprint density at radius 2 is 1.03 bits per heavy atom. The zero-order valence-electron chi connectivity index (χ0n) is 42.5. The van der Waals surface area contributed by atoms with E-state index < -0.39 is 0 Å². The first kappa shape index (κ1) is 43.4. The minimum Gasteiger partial charge on any atom is -0.456 e. The molecule has 66 heavy (non-hydrogen) atoms. The quantitative estimate of drug-likeness (QED) is 0.179. The second-order valence-corrected chi connectivity index (χ2v) is 25.2. The molecule has 3 nitrogen and oxygen atoms in total. The average molecular weight is 871 g/mol. The van der Waals surface area contributed by atoms with E-state index in [1.54, 1.807) is 0 Å². The molecule has 0 bridgehead atoms. The number of fused-ring (bicyclic) bond motifs is 9. The molecule has 0 fully saturated rings. The van der Waals surface area contributed by atoms with Crippen molar-refractivity contribution >= 4 is 68.6 Å². The predicted octanol–water partition coefficient (Wildman–Crippen LogP) is 15.8. The summed E-state index contributed by atoms with van der Waals surface area (Å²) in [6.45, 7) is 34.0. The van der Waals surface area contributed by atoms with Crippen LogP contribution in [0.4, 0.5) is 28.4 Å². The molecule has 0 radical (unpaired) electrons. The second kappa shape index (κ2) is 14.2. The molecule has 0 amide bonds. The van der Waals surface area contributed by atoms with Gasteiger partial charge in [0.25, 0.3) is 0 Å². The molecular formula is C62H71BN2O. The van der Waals surface area contributed by atoms with Gasteiger partial charge in [0.05, 0.1) is 0 Å². The standard InChI is InChI=1S/C62H71BN2O/c1-36-29-41(40-33-45-46(61(11,12)27-26-60(45,9)10)34-48(40)64-38-19-20-42-44(32-38)59(7,8)24-23-57(42,3)4)55-51(30-36)65(50-35-47-43(31-37(50)2)58(5,6)25-28-62(47,13)14)49-21-22-53-54(56(49)63-55)39-17-15-16-18-52(39)66-53/h15-22,29-35,63-64H,23-28H2,1-14H3. The first-order chi connectivity index (χ1) is 31.0. The Bertz CT molecular complexity index is 3190. The Labute approximate surface area is 396 Å². The number of furan rings is 1. The van der Waals surface area contributed by atoms with Gasteiger partial charge in [-0.15, -0.1) is 0 Å². The van der Waals surface area contributed by atoms with E-state index in [1.165, 1.54) is 138 Å². The van der Waals surface area contributed by atoms with Crippen LogP contribution in [0, 0.1) is 13.8 Å². The molecule has 1 N–H and O–H groups in total. The van der Waals surface area contributed by atoms with E-state index >= 15 is 0 Å². The van der Waals surface area contributed by atoms with Gasteiger partial charge in [0, 0.05) is 44.8 Å². The second-order valence-electron chi connectivity index (χ2n) is 25.2. The molecule has 338 valence electrons. The van der Waals surface area contributed by atoms with Crippen LogP contribution in [0.15, 0.2) is 95.4 Å². The number of aryl methyl sites for hydroxylation is 2. The maximum Gasteiger partial charge on any atom is 0.199 e. The fraction of sp³-hybridized carbons (Fsp3) is 0.419. The van der Waals surface area contributed by atoms with E-state index in [9.17, 15) is 0 Å². The number of benzene rings is 6. The maximum atomic E-state index is 6.66. The molecule has 7 aromatic rings. The summed E-state index contributed by atoms with van der Waals surface area (Å²) in [7, 11) is 0.799. The lowest BCUT2D eigenvalue weighted by Gasteiger charge is -2.44. The van der Waals surface area contributed by atoms with Crippen LogP contribution < -0.4 is 21.1 Å². The highest BCUT2D eigenvalue weighted by atomic mass is 16.3. The highest BCUT2D eigenvalue weighted by molar-refractivity contribution is 6.76. The molecular weight excluding hydrogens is 800 g/mol. The van der Waals surface area contributed by atoms with Crippen molar-refractivity contribution in [2.24, 2.45) is 0 Å². The Hall–Kier alpha value is -5.22. The smallest absolute Gasteiger partial charge is 0.199 e. The number of hydrogen-bond acceptors (Lipinski definition) is 3. The van der Waals surface area contributed by atoms with Gasteiger partial charge < -0.3 is 14.6 Å². The van der Waals surface area contributed by atoms with E-state index in [2.05, 4.69) is 198 Å². The summed E-state index contributed by atoms with van der Waals surface area (Å²) in [5.41, 5.74) is 25.4. The first-order valence-corrected chi connectivity index (χ1v) is 25.1. The van der Waals surface area contributed by atoms with E-state index in [4.69, 9.17) is 4.42 Å². The van der Waals surface area contributed by atoms with Crippen LogP contribution in [-0.2, 0) is 32.5 Å². The van der Waals surface area contributed by atoms with Crippen molar-refractivity contribution in [1.29, 1.82) is 0 Å². The lowest BCUT2D eigenvalue weighted by Crippen LogP contribution is -2.42. The Morgan fingerprint density at radius 3 is 1.68 bits per heavy atom. The van der Waals surface area contributed by atoms with E-state index in [1.807, 2.05) is 0 Å². The highest BCUT2D eigenvalue weighted by Gasteiger charge is 2.42. The zero-order valence-corrected chi connectivity index (χ0v) is 42.5. The van der Waals surface area contributed by atoms with E-state index in [0.29, 0.717) is 0 Å². The van der Waals surface area contributed by atoms with Crippen LogP contribution >= 0.6 is 0 Å². The molecule has 0 saturated heterocycles. The minimum atomic E-state index is 0.0464. The molecule has 1 aliphatic heterocycles. The number of anilines is 5. The van der Waals surface area contributed by atoms with Crippen molar-refractivity contribution in [1.82, 2.24) is 0 Å². The third-order valence-corrected chi connectivity index (χ3v) is 17.7. The van der Waals surface area contributed by atoms with Gasteiger partial charge in [0.2, 0.25) is 0 Å². The SMILES string of the molecule is Cc1cc(-c2cc3c(cc2Nc2ccc4c(c2)C(C)(C)CCC4(C)C)C(C)(C)CCC3(C)C)c2c(c1)N(c1cc3c(cc1C)C(C)(C)CCC3(C)C)c1ccc3oc4ccccc4c3c1B2. The first-order valence-electron chi connectivity index (χ1n) is 25.1. The molecule has 6 aromatic carbocycles. The lowest BCUT2D eigenvalue weighted by molar-refractivity contribution is 0.332. The van der Waals surface area contributed by atoms with Gasteiger partial charge in [-0.3, -0.25) is 0 Å². The van der Waals surface area contributed by atoms with Gasteiger partial charge in [0.15, 0.2) is 7.28 Å². The largest absolute Gasteiger partial charge is 0.456 e. The molecule has 3 aliphatic carbocycles. The highest BCUT2D eigenvalue weighted by Crippen LogP contribution is 2.53. The predicted molar refractivity (Wildman–Crippen MR) is 285 cm³/mol. The summed E-state index contributed by atoms with van der Waals surface area (Å²) in [5.74, 6) is 0. The number of para-hydroxylation sites is 1. The summed E-state index contributed by atoms with van der Waals surface area (Å²) in [6.07, 6.45) is 7.10. The molecule has 4 heteroatoms. The third-order valence-electron chi connectivity index (χ3n) is 17.7. The van der Waals surface area contributed by atoms with Crippen LogP contribution in [0.2, 0.25) is 0 Å². The third kappa shape index (κ3) is 6.57. The number of nitrogens with one attached hydrogen (secondary N) is 1. The Kier molecular flexibility index (Phi) is 9.30. The molecule has 0 unspecified atom stereocenters. The molecule has 2 heterocycles. The van der Waals surface area contributed by atoms with Gasteiger partial charge in [-0.05, 0) is 200 Å². The molecule has 1 aromatic heterocycles. The molecule has 11 rings (SSSR count). The van der Waals surface area contributed by atoms with Gasteiger partial charge in [-0.25, -0.2) is 0 Å². The maximum absolute atomic E-state index is 6.66. The van der Waals surface area contributed by atoms with Crippen molar-refractivity contribution in [3.8, 4) is 11.1 Å². The van der Waals surface area contributed by atoms with Crippen LogP contribution in [0.1, 0.15) is 166 Å².